The van der Waals surface area contributed by atoms with Crippen LogP contribution in [-0.2, 0) is 18.3 Å². The van der Waals surface area contributed by atoms with Gasteiger partial charge in [-0.15, -0.1) is 0 Å². The number of nitrogens with one attached hydrogen (secondary N) is 1. The average Bonchev–Trinajstić information content (AvgIpc) is 2.73. The monoisotopic (exact) mass is 276 g/mol. The summed E-state index contributed by atoms with van der Waals surface area (Å²) in [7, 11) is 1.92. The smallest absolute Gasteiger partial charge is 0.157 e. The molecule has 110 valence electrons. The molecule has 0 saturated heterocycles. The number of hydrogen-bond acceptors (Lipinski definition) is 4. The Morgan fingerprint density at radius 1 is 1.35 bits per heavy atom. The van der Waals surface area contributed by atoms with Gasteiger partial charge in [0.2, 0.25) is 0 Å². The van der Waals surface area contributed by atoms with E-state index in [1.165, 1.54) is 12.0 Å². The predicted molar refractivity (Wildman–Crippen MR) is 80.7 cm³/mol. The fourth-order valence-corrected chi connectivity index (χ4v) is 2.17. The van der Waals surface area contributed by atoms with Crippen LogP contribution >= 0.6 is 0 Å². The van der Waals surface area contributed by atoms with E-state index in [2.05, 4.69) is 28.4 Å². The molecule has 0 fully saturated rings. The number of fused-ring (bicyclic) bond motifs is 1. The van der Waals surface area contributed by atoms with Crippen molar-refractivity contribution >= 4 is 11.0 Å². The van der Waals surface area contributed by atoms with E-state index in [0.29, 0.717) is 0 Å². The molecule has 0 radical (unpaired) electrons. The molecule has 2 rings (SSSR count). The van der Waals surface area contributed by atoms with Gasteiger partial charge >= 0.3 is 0 Å². The van der Waals surface area contributed by atoms with Crippen LogP contribution in [0.25, 0.3) is 11.0 Å². The molecule has 0 spiro atoms. The zero-order valence-corrected chi connectivity index (χ0v) is 12.6. The first kappa shape index (κ1) is 14.9. The average molecular weight is 276 g/mol. The van der Waals surface area contributed by atoms with Crippen LogP contribution in [0.1, 0.15) is 31.0 Å². The van der Waals surface area contributed by atoms with E-state index in [4.69, 9.17) is 4.74 Å². The molecule has 2 aromatic heterocycles. The normalized spacial score (nSPS) is 11.3. The van der Waals surface area contributed by atoms with Crippen LogP contribution in [0.3, 0.4) is 0 Å². The van der Waals surface area contributed by atoms with E-state index in [9.17, 15) is 0 Å². The molecule has 2 heterocycles. The summed E-state index contributed by atoms with van der Waals surface area (Å²) in [6, 6.07) is 2.16. The van der Waals surface area contributed by atoms with Crippen molar-refractivity contribution in [3.8, 4) is 0 Å². The van der Waals surface area contributed by atoms with Crippen molar-refractivity contribution in [3.05, 3.63) is 23.5 Å². The summed E-state index contributed by atoms with van der Waals surface area (Å²) in [6.07, 6.45) is 4.23. The second-order valence-electron chi connectivity index (χ2n) is 5.07. The molecule has 0 amide bonds. The highest BCUT2D eigenvalue weighted by Gasteiger charge is 2.06. The van der Waals surface area contributed by atoms with Crippen LogP contribution < -0.4 is 5.32 Å². The largest absolute Gasteiger partial charge is 0.380 e. The van der Waals surface area contributed by atoms with Crippen molar-refractivity contribution in [2.75, 3.05) is 19.8 Å². The molecular formula is C15H24N4O. The number of pyridine rings is 1. The molecule has 0 aliphatic heterocycles. The van der Waals surface area contributed by atoms with Crippen molar-refractivity contribution in [1.29, 1.82) is 0 Å². The zero-order chi connectivity index (χ0) is 14.4. The number of aryl methyl sites for hydroxylation is 2. The van der Waals surface area contributed by atoms with Crippen LogP contribution in [0.5, 0.6) is 0 Å². The lowest BCUT2D eigenvalue weighted by atomic mass is 10.2. The summed E-state index contributed by atoms with van der Waals surface area (Å²) >= 11 is 0. The van der Waals surface area contributed by atoms with Crippen molar-refractivity contribution in [1.82, 2.24) is 20.1 Å². The van der Waals surface area contributed by atoms with Gasteiger partial charge in [0.1, 0.15) is 0 Å². The summed E-state index contributed by atoms with van der Waals surface area (Å²) in [5, 5.41) is 8.89. The lowest BCUT2D eigenvalue weighted by Crippen LogP contribution is -2.19. The van der Waals surface area contributed by atoms with Gasteiger partial charge in [0.15, 0.2) is 5.65 Å². The topological polar surface area (TPSA) is 52.0 Å². The van der Waals surface area contributed by atoms with Gasteiger partial charge in [-0.25, -0.2) is 4.98 Å². The Morgan fingerprint density at radius 3 is 3.00 bits per heavy atom. The molecule has 0 aliphatic rings. The molecule has 0 aliphatic carbocycles. The Balaban J connectivity index is 1.80. The molecule has 0 bridgehead atoms. The molecular weight excluding hydrogens is 252 g/mol. The van der Waals surface area contributed by atoms with Crippen LogP contribution in [0.15, 0.2) is 12.3 Å². The van der Waals surface area contributed by atoms with Crippen LogP contribution in [0, 0.1) is 6.92 Å². The van der Waals surface area contributed by atoms with E-state index in [-0.39, 0.29) is 0 Å². The van der Waals surface area contributed by atoms with Crippen molar-refractivity contribution < 1.29 is 4.74 Å². The highest BCUT2D eigenvalue weighted by atomic mass is 16.5. The first-order valence-corrected chi connectivity index (χ1v) is 7.29. The summed E-state index contributed by atoms with van der Waals surface area (Å²) < 4.78 is 7.34. The second-order valence-corrected chi connectivity index (χ2v) is 5.07. The van der Waals surface area contributed by atoms with Gasteiger partial charge in [0.05, 0.1) is 12.3 Å². The molecule has 0 saturated carbocycles. The lowest BCUT2D eigenvalue weighted by molar-refractivity contribution is 0.133. The van der Waals surface area contributed by atoms with Gasteiger partial charge in [-0.05, 0) is 25.0 Å². The minimum atomic E-state index is 0.765. The first-order chi connectivity index (χ1) is 9.72. The van der Waals surface area contributed by atoms with Gasteiger partial charge in [0.25, 0.3) is 0 Å². The SMILES string of the molecule is CCCCOCCNCc1cnc2c(c1)c(C)nn2C. The van der Waals surface area contributed by atoms with E-state index in [1.54, 1.807) is 0 Å². The minimum absolute atomic E-state index is 0.765. The lowest BCUT2D eigenvalue weighted by Gasteiger charge is -2.06. The van der Waals surface area contributed by atoms with Crippen molar-refractivity contribution in [2.24, 2.45) is 7.05 Å². The number of nitrogens with zero attached hydrogens (tertiary/aromatic N) is 3. The highest BCUT2D eigenvalue weighted by Crippen LogP contribution is 2.16. The van der Waals surface area contributed by atoms with Crippen molar-refractivity contribution in [2.45, 2.75) is 33.2 Å². The summed E-state index contributed by atoms with van der Waals surface area (Å²) in [6.45, 7) is 7.50. The molecule has 0 atom stereocenters. The van der Waals surface area contributed by atoms with E-state index in [0.717, 1.165) is 49.5 Å². The molecule has 0 unspecified atom stereocenters. The predicted octanol–water partition coefficient (Wildman–Crippen LogP) is 2.18. The zero-order valence-electron chi connectivity index (χ0n) is 12.6. The maximum Gasteiger partial charge on any atom is 0.157 e. The van der Waals surface area contributed by atoms with Gasteiger partial charge in [0, 0.05) is 38.3 Å². The molecule has 0 aromatic carbocycles. The molecule has 2 aromatic rings. The molecule has 1 N–H and O–H groups in total. The Hall–Kier alpha value is -1.46. The first-order valence-electron chi connectivity index (χ1n) is 7.29. The third-order valence-corrected chi connectivity index (χ3v) is 3.31. The number of hydrogen-bond donors (Lipinski definition) is 1. The summed E-state index contributed by atoms with van der Waals surface area (Å²) in [5.74, 6) is 0. The minimum Gasteiger partial charge on any atom is -0.380 e. The molecule has 5 heteroatoms. The number of rotatable bonds is 8. The Kier molecular flexibility index (Phi) is 5.49. The quantitative estimate of drug-likeness (QED) is 0.751. The fourth-order valence-electron chi connectivity index (χ4n) is 2.17. The molecule has 5 nitrogen and oxygen atoms in total. The second kappa shape index (κ2) is 7.36. The maximum atomic E-state index is 5.51. The van der Waals surface area contributed by atoms with Crippen molar-refractivity contribution in [3.63, 3.8) is 0 Å². The van der Waals surface area contributed by atoms with Crippen LogP contribution in [0.4, 0.5) is 0 Å². The van der Waals surface area contributed by atoms with Gasteiger partial charge < -0.3 is 10.1 Å². The number of aromatic nitrogens is 3. The van der Waals surface area contributed by atoms with Gasteiger partial charge in [-0.2, -0.15) is 5.10 Å². The number of ether oxygens (including phenoxy) is 1. The van der Waals surface area contributed by atoms with Crippen LogP contribution in [-0.4, -0.2) is 34.5 Å². The standard InChI is InChI=1S/C15H24N4O/c1-4-5-7-20-8-6-16-10-13-9-14-12(2)18-19(3)15(14)17-11-13/h9,11,16H,4-8,10H2,1-3H3. The highest BCUT2D eigenvalue weighted by molar-refractivity contribution is 5.78. The Bertz CT molecular complexity index is 550. The van der Waals surface area contributed by atoms with Gasteiger partial charge in [-0.1, -0.05) is 13.3 Å². The van der Waals surface area contributed by atoms with Gasteiger partial charge in [-0.3, -0.25) is 4.68 Å². The maximum absolute atomic E-state index is 5.51. The van der Waals surface area contributed by atoms with E-state index < -0.39 is 0 Å². The van der Waals surface area contributed by atoms with E-state index in [1.807, 2.05) is 24.9 Å². The van der Waals surface area contributed by atoms with E-state index >= 15 is 0 Å². The third-order valence-electron chi connectivity index (χ3n) is 3.31. The third kappa shape index (κ3) is 3.77. The Labute approximate surface area is 120 Å². The molecule has 20 heavy (non-hydrogen) atoms. The summed E-state index contributed by atoms with van der Waals surface area (Å²) in [4.78, 5) is 4.47. The number of unbranched alkanes of at least 4 members (excludes halogenated alkanes) is 1. The Morgan fingerprint density at radius 2 is 2.20 bits per heavy atom. The summed E-state index contributed by atoms with van der Waals surface area (Å²) in [5.41, 5.74) is 3.15. The fraction of sp³-hybridized carbons (Fsp3) is 0.600. The van der Waals surface area contributed by atoms with Crippen LogP contribution in [0.2, 0.25) is 0 Å².